The van der Waals surface area contributed by atoms with Crippen LogP contribution in [-0.2, 0) is 11.0 Å². The Morgan fingerprint density at radius 1 is 0.941 bits per heavy atom. The van der Waals surface area contributed by atoms with E-state index in [2.05, 4.69) is 4.84 Å². The van der Waals surface area contributed by atoms with Gasteiger partial charge in [0, 0.05) is 0 Å². The Kier molecular flexibility index (Phi) is 3.87. The van der Waals surface area contributed by atoms with Crippen molar-refractivity contribution in [3.05, 3.63) is 29.8 Å². The van der Waals surface area contributed by atoms with Crippen LogP contribution in [0, 0.1) is 0 Å². The van der Waals surface area contributed by atoms with Crippen LogP contribution in [-0.4, -0.2) is 12.8 Å². The number of rotatable bonds is 3. The highest BCUT2D eigenvalue weighted by atomic mass is 19.4. The van der Waals surface area contributed by atoms with Crippen LogP contribution < -0.4 is 5.48 Å². The molecule has 0 aromatic heterocycles. The zero-order chi connectivity index (χ0) is 13.1. The normalized spacial score (nSPS) is 12.6. The number of hydrogen-bond acceptors (Lipinski definition) is 2. The summed E-state index contributed by atoms with van der Waals surface area (Å²) in [6.07, 6.45) is -8.98. The molecule has 0 fully saturated rings. The minimum absolute atomic E-state index is 0.00208. The van der Waals surface area contributed by atoms with E-state index in [1.807, 2.05) is 5.48 Å². The van der Waals surface area contributed by atoms with E-state index in [1.54, 1.807) is 0 Å². The van der Waals surface area contributed by atoms with Gasteiger partial charge in [-0.15, -0.1) is 0 Å². The molecule has 8 heteroatoms. The molecule has 0 aliphatic rings. The summed E-state index contributed by atoms with van der Waals surface area (Å²) in [6, 6.07) is 3.41. The fourth-order valence-electron chi connectivity index (χ4n) is 0.929. The molecular formula is C9H7F6NO. The minimum Gasteiger partial charge on any atom is -0.267 e. The van der Waals surface area contributed by atoms with Gasteiger partial charge in [0.15, 0.2) is 6.61 Å². The summed E-state index contributed by atoms with van der Waals surface area (Å²) in [5.74, 6) is 0. The molecule has 0 radical (unpaired) electrons. The van der Waals surface area contributed by atoms with E-state index >= 15 is 0 Å². The van der Waals surface area contributed by atoms with Crippen LogP contribution in [0.2, 0.25) is 0 Å². The molecule has 0 spiro atoms. The van der Waals surface area contributed by atoms with Gasteiger partial charge in [-0.3, -0.25) is 10.3 Å². The smallest absolute Gasteiger partial charge is 0.267 e. The van der Waals surface area contributed by atoms with Gasteiger partial charge in [-0.2, -0.15) is 26.3 Å². The Morgan fingerprint density at radius 3 is 1.88 bits per heavy atom. The number of alkyl halides is 6. The van der Waals surface area contributed by atoms with Crippen LogP contribution in [0.3, 0.4) is 0 Å². The van der Waals surface area contributed by atoms with E-state index in [4.69, 9.17) is 0 Å². The molecular weight excluding hydrogens is 252 g/mol. The van der Waals surface area contributed by atoms with Gasteiger partial charge in [0.2, 0.25) is 0 Å². The van der Waals surface area contributed by atoms with Crippen molar-refractivity contribution < 1.29 is 31.2 Å². The van der Waals surface area contributed by atoms with Crippen LogP contribution in [0.25, 0.3) is 0 Å². The van der Waals surface area contributed by atoms with Gasteiger partial charge in [0.25, 0.3) is 0 Å². The maximum Gasteiger partial charge on any atom is 0.416 e. The van der Waals surface area contributed by atoms with Crippen molar-refractivity contribution in [3.8, 4) is 0 Å². The topological polar surface area (TPSA) is 21.3 Å². The van der Waals surface area contributed by atoms with Crippen molar-refractivity contribution in [2.24, 2.45) is 0 Å². The number of anilines is 1. The van der Waals surface area contributed by atoms with Gasteiger partial charge in [0.05, 0.1) is 11.3 Å². The SMILES string of the molecule is FC(F)(F)CONc1ccc(C(F)(F)F)cc1. The van der Waals surface area contributed by atoms with Crippen molar-refractivity contribution >= 4 is 5.69 Å². The maximum atomic E-state index is 12.1. The standard InChI is InChI=1S/C9H7F6NO/c10-8(11,12)5-17-16-7-3-1-6(2-4-7)9(13,14)15/h1-4,16H,5H2. The summed E-state index contributed by atoms with van der Waals surface area (Å²) < 4.78 is 71.4. The Labute approximate surface area is 92.1 Å². The van der Waals surface area contributed by atoms with E-state index in [9.17, 15) is 26.3 Å². The third kappa shape index (κ3) is 4.94. The van der Waals surface area contributed by atoms with Crippen molar-refractivity contribution in [1.29, 1.82) is 0 Å². The van der Waals surface area contributed by atoms with Crippen molar-refractivity contribution in [3.63, 3.8) is 0 Å². The average Bonchev–Trinajstić information content (AvgIpc) is 2.15. The van der Waals surface area contributed by atoms with Crippen molar-refractivity contribution in [2.45, 2.75) is 12.4 Å². The van der Waals surface area contributed by atoms with Gasteiger partial charge in [-0.25, -0.2) is 0 Å². The van der Waals surface area contributed by atoms with E-state index in [-0.39, 0.29) is 5.69 Å². The number of benzene rings is 1. The van der Waals surface area contributed by atoms with Crippen LogP contribution in [0.4, 0.5) is 32.0 Å². The summed E-state index contributed by atoms with van der Waals surface area (Å²) in [5, 5.41) is 0. The second kappa shape index (κ2) is 4.82. The first kappa shape index (κ1) is 13.6. The van der Waals surface area contributed by atoms with E-state index in [0.717, 1.165) is 24.3 Å². The lowest BCUT2D eigenvalue weighted by atomic mass is 10.2. The number of nitrogens with one attached hydrogen (secondary N) is 1. The Balaban J connectivity index is 2.52. The molecule has 0 heterocycles. The second-order valence-electron chi connectivity index (χ2n) is 3.08. The zero-order valence-corrected chi connectivity index (χ0v) is 8.19. The molecule has 1 rings (SSSR count). The van der Waals surface area contributed by atoms with Crippen LogP contribution in [0.15, 0.2) is 24.3 Å². The predicted octanol–water partition coefficient (Wildman–Crippen LogP) is 3.61. The third-order valence-corrected chi connectivity index (χ3v) is 1.64. The van der Waals surface area contributed by atoms with Crippen molar-refractivity contribution in [1.82, 2.24) is 0 Å². The largest absolute Gasteiger partial charge is 0.416 e. The van der Waals surface area contributed by atoms with Gasteiger partial charge in [-0.1, -0.05) is 0 Å². The minimum atomic E-state index is -4.50. The molecule has 0 atom stereocenters. The van der Waals surface area contributed by atoms with E-state index in [1.165, 1.54) is 0 Å². The molecule has 1 N–H and O–H groups in total. The highest BCUT2D eigenvalue weighted by Gasteiger charge is 2.30. The third-order valence-electron chi connectivity index (χ3n) is 1.64. The summed E-state index contributed by atoms with van der Waals surface area (Å²) >= 11 is 0. The first-order valence-electron chi connectivity index (χ1n) is 4.30. The van der Waals surface area contributed by atoms with Gasteiger partial charge >= 0.3 is 12.4 Å². The molecule has 0 saturated carbocycles. The molecule has 0 amide bonds. The van der Waals surface area contributed by atoms with Gasteiger partial charge < -0.3 is 0 Å². The first-order valence-corrected chi connectivity index (χ1v) is 4.30. The molecule has 0 saturated heterocycles. The molecule has 17 heavy (non-hydrogen) atoms. The predicted molar refractivity (Wildman–Crippen MR) is 47.1 cm³/mol. The second-order valence-corrected chi connectivity index (χ2v) is 3.08. The molecule has 0 unspecified atom stereocenters. The molecule has 1 aromatic rings. The molecule has 1 aromatic carbocycles. The average molecular weight is 259 g/mol. The van der Waals surface area contributed by atoms with Gasteiger partial charge in [-0.05, 0) is 24.3 Å². The quantitative estimate of drug-likeness (QED) is 0.661. The van der Waals surface area contributed by atoms with Gasteiger partial charge in [0.1, 0.15) is 0 Å². The van der Waals surface area contributed by atoms with Crippen molar-refractivity contribution in [2.75, 3.05) is 12.1 Å². The molecule has 0 bridgehead atoms. The highest BCUT2D eigenvalue weighted by Crippen LogP contribution is 2.29. The Morgan fingerprint density at radius 2 is 1.47 bits per heavy atom. The monoisotopic (exact) mass is 259 g/mol. The fourth-order valence-corrected chi connectivity index (χ4v) is 0.929. The number of halogens is 6. The maximum absolute atomic E-state index is 12.1. The lowest BCUT2D eigenvalue weighted by molar-refractivity contribution is -0.167. The number of hydrogen-bond donors (Lipinski definition) is 1. The highest BCUT2D eigenvalue weighted by molar-refractivity contribution is 5.43. The summed E-state index contributed by atoms with van der Waals surface area (Å²) in [6.45, 7) is -1.53. The summed E-state index contributed by atoms with van der Waals surface area (Å²) in [4.78, 5) is 4.05. The van der Waals surface area contributed by atoms with Crippen LogP contribution in [0.1, 0.15) is 5.56 Å². The summed E-state index contributed by atoms with van der Waals surface area (Å²) in [7, 11) is 0. The summed E-state index contributed by atoms with van der Waals surface area (Å²) in [5.41, 5.74) is 1.00. The molecule has 0 aliphatic heterocycles. The Bertz CT molecular complexity index is 355. The van der Waals surface area contributed by atoms with Crippen LogP contribution in [0.5, 0.6) is 0 Å². The lowest BCUT2D eigenvalue weighted by Gasteiger charge is -2.10. The van der Waals surface area contributed by atoms with Crippen LogP contribution >= 0.6 is 0 Å². The zero-order valence-electron chi connectivity index (χ0n) is 8.19. The Hall–Kier alpha value is -1.44. The molecule has 0 aliphatic carbocycles. The van der Waals surface area contributed by atoms with E-state index < -0.39 is 24.5 Å². The lowest BCUT2D eigenvalue weighted by Crippen LogP contribution is -2.19. The molecule has 2 nitrogen and oxygen atoms in total. The molecule has 96 valence electrons. The fraction of sp³-hybridized carbons (Fsp3) is 0.333. The van der Waals surface area contributed by atoms with E-state index in [0.29, 0.717) is 0 Å². The first-order chi connectivity index (χ1) is 7.68.